The first-order valence-electron chi connectivity index (χ1n) is 7.04. The number of rotatable bonds is 4. The number of ether oxygens (including phenoxy) is 1. The number of nitrogens with one attached hydrogen (secondary N) is 1. The van der Waals surface area contributed by atoms with E-state index in [4.69, 9.17) is 4.74 Å². The molecule has 0 bridgehead atoms. The monoisotopic (exact) mass is 291 g/mol. The minimum atomic E-state index is -0.504. The van der Waals surface area contributed by atoms with Crippen LogP contribution < -0.4 is 10.1 Å². The van der Waals surface area contributed by atoms with Gasteiger partial charge in [0.1, 0.15) is 12.1 Å². The molecule has 0 spiro atoms. The van der Waals surface area contributed by atoms with Crippen molar-refractivity contribution in [3.8, 4) is 5.88 Å². The molecule has 2 atom stereocenters. The van der Waals surface area contributed by atoms with Crippen LogP contribution in [0.1, 0.15) is 26.3 Å². The van der Waals surface area contributed by atoms with E-state index < -0.39 is 12.1 Å². The van der Waals surface area contributed by atoms with Gasteiger partial charge in [0.05, 0.1) is 13.7 Å². The van der Waals surface area contributed by atoms with Gasteiger partial charge in [0, 0.05) is 11.8 Å². The van der Waals surface area contributed by atoms with E-state index in [-0.39, 0.29) is 17.7 Å². The summed E-state index contributed by atoms with van der Waals surface area (Å²) < 4.78 is 5.22. The molecule has 0 radical (unpaired) electrons. The molecule has 2 heterocycles. The quantitative estimate of drug-likeness (QED) is 0.897. The molecular formula is C15H21N3O3. The van der Waals surface area contributed by atoms with Gasteiger partial charge in [-0.1, -0.05) is 19.9 Å². The Bertz CT molecular complexity index is 545. The molecule has 21 heavy (non-hydrogen) atoms. The molecule has 2 amide bonds. The SMILES string of the molecule is COc1ncccc1CN1C(=O)C(C)NC(=O)C1C(C)C. The minimum Gasteiger partial charge on any atom is -0.481 e. The van der Waals surface area contributed by atoms with Gasteiger partial charge in [-0.05, 0) is 18.9 Å². The van der Waals surface area contributed by atoms with Gasteiger partial charge in [-0.3, -0.25) is 9.59 Å². The molecule has 114 valence electrons. The van der Waals surface area contributed by atoms with E-state index in [1.807, 2.05) is 19.9 Å². The van der Waals surface area contributed by atoms with Crippen molar-refractivity contribution in [1.29, 1.82) is 0 Å². The average Bonchev–Trinajstić information content (AvgIpc) is 2.44. The highest BCUT2D eigenvalue weighted by Gasteiger charge is 2.40. The zero-order valence-corrected chi connectivity index (χ0v) is 12.8. The predicted molar refractivity (Wildman–Crippen MR) is 77.6 cm³/mol. The summed E-state index contributed by atoms with van der Waals surface area (Å²) >= 11 is 0. The van der Waals surface area contributed by atoms with Crippen molar-refractivity contribution in [3.05, 3.63) is 23.9 Å². The summed E-state index contributed by atoms with van der Waals surface area (Å²) in [5.74, 6) is 0.315. The molecule has 1 saturated heterocycles. The molecule has 2 rings (SSSR count). The van der Waals surface area contributed by atoms with Gasteiger partial charge in [0.15, 0.2) is 0 Å². The number of methoxy groups -OCH3 is 1. The topological polar surface area (TPSA) is 71.5 Å². The first-order valence-corrected chi connectivity index (χ1v) is 7.04. The van der Waals surface area contributed by atoms with E-state index in [0.717, 1.165) is 5.56 Å². The third-order valence-electron chi connectivity index (χ3n) is 3.63. The van der Waals surface area contributed by atoms with Gasteiger partial charge in [0.25, 0.3) is 0 Å². The fraction of sp³-hybridized carbons (Fsp3) is 0.533. The van der Waals surface area contributed by atoms with Gasteiger partial charge in [-0.25, -0.2) is 4.98 Å². The maximum Gasteiger partial charge on any atom is 0.245 e. The Hall–Kier alpha value is -2.11. The first kappa shape index (κ1) is 15.3. The summed E-state index contributed by atoms with van der Waals surface area (Å²) in [6, 6.07) is 2.67. The van der Waals surface area contributed by atoms with Crippen LogP contribution in [0.3, 0.4) is 0 Å². The van der Waals surface area contributed by atoms with Crippen LogP contribution >= 0.6 is 0 Å². The molecule has 1 aliphatic heterocycles. The third-order valence-corrected chi connectivity index (χ3v) is 3.63. The molecule has 6 nitrogen and oxygen atoms in total. The summed E-state index contributed by atoms with van der Waals surface area (Å²) in [4.78, 5) is 30.4. The zero-order chi connectivity index (χ0) is 15.6. The van der Waals surface area contributed by atoms with Crippen molar-refractivity contribution in [2.45, 2.75) is 39.4 Å². The molecule has 1 N–H and O–H groups in total. The fourth-order valence-corrected chi connectivity index (χ4v) is 2.64. The average molecular weight is 291 g/mol. The molecule has 1 fully saturated rings. The Kier molecular flexibility index (Phi) is 4.45. The van der Waals surface area contributed by atoms with Crippen molar-refractivity contribution in [3.63, 3.8) is 0 Å². The van der Waals surface area contributed by atoms with Gasteiger partial charge < -0.3 is 15.0 Å². The third kappa shape index (κ3) is 2.99. The highest BCUT2D eigenvalue weighted by atomic mass is 16.5. The van der Waals surface area contributed by atoms with E-state index in [1.165, 1.54) is 0 Å². The number of amides is 2. The number of nitrogens with zero attached hydrogens (tertiary/aromatic N) is 2. The van der Waals surface area contributed by atoms with E-state index >= 15 is 0 Å². The molecule has 1 aliphatic rings. The summed E-state index contributed by atoms with van der Waals surface area (Å²) in [5, 5.41) is 2.73. The second-order valence-corrected chi connectivity index (χ2v) is 5.56. The zero-order valence-electron chi connectivity index (χ0n) is 12.8. The summed E-state index contributed by atoms with van der Waals surface area (Å²) in [6.07, 6.45) is 1.63. The summed E-state index contributed by atoms with van der Waals surface area (Å²) in [5.41, 5.74) is 0.793. The number of aromatic nitrogens is 1. The van der Waals surface area contributed by atoms with Crippen molar-refractivity contribution >= 4 is 11.8 Å². The molecule has 0 aliphatic carbocycles. The van der Waals surface area contributed by atoms with E-state index in [1.54, 1.807) is 31.2 Å². The molecule has 6 heteroatoms. The molecular weight excluding hydrogens is 270 g/mol. The fourth-order valence-electron chi connectivity index (χ4n) is 2.64. The lowest BCUT2D eigenvalue weighted by Gasteiger charge is -2.40. The van der Waals surface area contributed by atoms with Crippen LogP contribution in [-0.2, 0) is 16.1 Å². The number of carbonyl (C=O) groups excluding carboxylic acids is 2. The Morgan fingerprint density at radius 1 is 1.43 bits per heavy atom. The number of pyridine rings is 1. The molecule has 0 aromatic carbocycles. The van der Waals surface area contributed by atoms with Crippen LogP contribution in [0.25, 0.3) is 0 Å². The lowest BCUT2D eigenvalue weighted by Crippen LogP contribution is -2.63. The lowest BCUT2D eigenvalue weighted by molar-refractivity contribution is -0.151. The van der Waals surface area contributed by atoms with Crippen molar-refractivity contribution in [1.82, 2.24) is 15.2 Å². The second kappa shape index (κ2) is 6.11. The predicted octanol–water partition coefficient (Wildman–Crippen LogP) is 0.962. The number of hydrogen-bond donors (Lipinski definition) is 1. The largest absolute Gasteiger partial charge is 0.481 e. The maximum absolute atomic E-state index is 12.4. The van der Waals surface area contributed by atoms with Crippen LogP contribution in [0.2, 0.25) is 0 Å². The number of carbonyl (C=O) groups is 2. The minimum absolute atomic E-state index is 0.0316. The lowest BCUT2D eigenvalue weighted by atomic mass is 9.97. The second-order valence-electron chi connectivity index (χ2n) is 5.56. The van der Waals surface area contributed by atoms with E-state index in [2.05, 4.69) is 10.3 Å². The van der Waals surface area contributed by atoms with Crippen LogP contribution in [-0.4, -0.2) is 40.9 Å². The molecule has 0 saturated carbocycles. The van der Waals surface area contributed by atoms with Gasteiger partial charge in [0.2, 0.25) is 17.7 Å². The van der Waals surface area contributed by atoms with Gasteiger partial charge in [-0.2, -0.15) is 0 Å². The van der Waals surface area contributed by atoms with Crippen molar-refractivity contribution in [2.24, 2.45) is 5.92 Å². The number of piperazine rings is 1. The molecule has 2 unspecified atom stereocenters. The van der Waals surface area contributed by atoms with E-state index in [9.17, 15) is 9.59 Å². The highest BCUT2D eigenvalue weighted by Crippen LogP contribution is 2.23. The smallest absolute Gasteiger partial charge is 0.245 e. The van der Waals surface area contributed by atoms with Gasteiger partial charge in [-0.15, -0.1) is 0 Å². The Labute approximate surface area is 124 Å². The maximum atomic E-state index is 12.4. The Morgan fingerprint density at radius 2 is 2.14 bits per heavy atom. The van der Waals surface area contributed by atoms with Crippen LogP contribution in [0, 0.1) is 5.92 Å². The standard InChI is InChI=1S/C15H21N3O3/c1-9(2)12-13(19)17-10(3)15(20)18(12)8-11-6-5-7-16-14(11)21-4/h5-7,9-10,12H,8H2,1-4H3,(H,17,19). The van der Waals surface area contributed by atoms with Crippen LogP contribution in [0.15, 0.2) is 18.3 Å². The molecule has 1 aromatic rings. The van der Waals surface area contributed by atoms with Crippen molar-refractivity contribution in [2.75, 3.05) is 7.11 Å². The van der Waals surface area contributed by atoms with Crippen LogP contribution in [0.4, 0.5) is 0 Å². The van der Waals surface area contributed by atoms with Crippen molar-refractivity contribution < 1.29 is 14.3 Å². The number of hydrogen-bond acceptors (Lipinski definition) is 4. The molecule has 1 aromatic heterocycles. The normalized spacial score (nSPS) is 22.4. The summed E-state index contributed by atoms with van der Waals surface area (Å²) in [7, 11) is 1.54. The van der Waals surface area contributed by atoms with Crippen LogP contribution in [0.5, 0.6) is 5.88 Å². The van der Waals surface area contributed by atoms with Gasteiger partial charge >= 0.3 is 0 Å². The Morgan fingerprint density at radius 3 is 2.76 bits per heavy atom. The highest BCUT2D eigenvalue weighted by molar-refractivity contribution is 5.96. The summed E-state index contributed by atoms with van der Waals surface area (Å²) in [6.45, 7) is 5.88. The first-order chi connectivity index (χ1) is 9.95. The van der Waals surface area contributed by atoms with E-state index in [0.29, 0.717) is 12.4 Å². The Balaban J connectivity index is 2.33.